The van der Waals surface area contributed by atoms with Gasteiger partial charge in [0.15, 0.2) is 0 Å². The number of hydrogen-bond donors (Lipinski definition) is 2. The number of amides is 1. The minimum absolute atomic E-state index is 0.236. The minimum atomic E-state index is -0.520. The fraction of sp³-hybridized carbons (Fsp3) is 0.231. The normalized spacial score (nSPS) is 14.8. The smallest absolute Gasteiger partial charge is 0.248 e. The lowest BCUT2D eigenvalue weighted by Gasteiger charge is -2.17. The van der Waals surface area contributed by atoms with E-state index in [4.69, 9.17) is 9.84 Å². The highest BCUT2D eigenvalue weighted by atomic mass is 16.5. The highest BCUT2D eigenvalue weighted by Crippen LogP contribution is 2.28. The Balaban J connectivity index is 1.32. The molecular weight excluding hydrogens is 472 g/mol. The second-order valence-corrected chi connectivity index (χ2v) is 8.57. The van der Waals surface area contributed by atoms with E-state index in [2.05, 4.69) is 31.4 Å². The summed E-state index contributed by atoms with van der Waals surface area (Å²) in [7, 11) is 1.85. The van der Waals surface area contributed by atoms with Gasteiger partial charge in [-0.25, -0.2) is 9.97 Å². The third-order valence-electron chi connectivity index (χ3n) is 5.99. The first kappa shape index (κ1) is 23.9. The molecule has 5 rings (SSSR count). The molecule has 1 saturated heterocycles. The second kappa shape index (κ2) is 10.4. The number of benzene rings is 1. The van der Waals surface area contributed by atoms with Crippen molar-refractivity contribution in [3.63, 3.8) is 0 Å². The topological polar surface area (TPSA) is 142 Å². The molecule has 1 atom stereocenters. The monoisotopic (exact) mass is 496 g/mol. The molecule has 1 aliphatic rings. The van der Waals surface area contributed by atoms with E-state index in [1.54, 1.807) is 46.4 Å². The van der Waals surface area contributed by atoms with E-state index in [1.807, 2.05) is 31.4 Å². The highest BCUT2D eigenvalue weighted by molar-refractivity contribution is 5.77. The lowest BCUT2D eigenvalue weighted by molar-refractivity contribution is -0.133. The second-order valence-electron chi connectivity index (χ2n) is 8.57. The standard InChI is InChI=1S/C26H24N8O3/c1-33-14-19(13-30-33)23-11-20(4-7-28-23)31-26-29-8-5-22(32-26)17-2-3-24(18(10-17)12-27)37-21-6-9-34(15-21)25(36)16-35/h2-5,7-8,10-11,13-14,21,35H,6,9,15-16H2,1H3,(H,28,29,31,32). The van der Waals surface area contributed by atoms with Crippen LogP contribution >= 0.6 is 0 Å². The number of rotatable bonds is 7. The number of carbonyl (C=O) groups excluding carboxylic acids is 1. The van der Waals surface area contributed by atoms with Gasteiger partial charge < -0.3 is 20.1 Å². The van der Waals surface area contributed by atoms with E-state index < -0.39 is 6.61 Å². The van der Waals surface area contributed by atoms with Crippen LogP contribution in [0.5, 0.6) is 5.75 Å². The number of aliphatic hydroxyl groups excluding tert-OH is 1. The van der Waals surface area contributed by atoms with E-state index in [9.17, 15) is 10.1 Å². The number of nitriles is 1. The number of nitrogens with zero attached hydrogens (tertiary/aromatic N) is 7. The minimum Gasteiger partial charge on any atom is -0.487 e. The maximum Gasteiger partial charge on any atom is 0.248 e. The Hall–Kier alpha value is -4.82. The van der Waals surface area contributed by atoms with E-state index in [-0.39, 0.29) is 12.0 Å². The summed E-state index contributed by atoms with van der Waals surface area (Å²) in [5.74, 6) is 0.524. The Kier molecular flexibility index (Phi) is 6.74. The van der Waals surface area contributed by atoms with Crippen LogP contribution in [0.3, 0.4) is 0 Å². The summed E-state index contributed by atoms with van der Waals surface area (Å²) in [6, 6.07) is 13.0. The van der Waals surface area contributed by atoms with Gasteiger partial charge in [-0.2, -0.15) is 10.4 Å². The first-order valence-electron chi connectivity index (χ1n) is 11.7. The summed E-state index contributed by atoms with van der Waals surface area (Å²) in [6.07, 6.45) is 7.39. The van der Waals surface area contributed by atoms with Crippen molar-refractivity contribution >= 4 is 17.5 Å². The summed E-state index contributed by atoms with van der Waals surface area (Å²) in [5.41, 5.74) is 4.20. The summed E-state index contributed by atoms with van der Waals surface area (Å²) in [6.45, 7) is 0.375. The van der Waals surface area contributed by atoms with E-state index in [0.29, 0.717) is 42.5 Å². The van der Waals surface area contributed by atoms with Crippen molar-refractivity contribution in [1.82, 2.24) is 29.6 Å². The molecule has 0 spiro atoms. The van der Waals surface area contributed by atoms with Gasteiger partial charge in [0.25, 0.3) is 0 Å². The van der Waals surface area contributed by atoms with Gasteiger partial charge in [-0.05, 0) is 36.4 Å². The molecule has 37 heavy (non-hydrogen) atoms. The van der Waals surface area contributed by atoms with Crippen LogP contribution in [0.15, 0.2) is 61.2 Å². The first-order valence-corrected chi connectivity index (χ1v) is 11.7. The molecule has 0 radical (unpaired) electrons. The number of aliphatic hydroxyl groups is 1. The van der Waals surface area contributed by atoms with Crippen molar-refractivity contribution in [1.29, 1.82) is 5.26 Å². The average molecular weight is 497 g/mol. The Morgan fingerprint density at radius 2 is 2.05 bits per heavy atom. The molecule has 4 heterocycles. The number of anilines is 2. The lowest BCUT2D eigenvalue weighted by atomic mass is 10.1. The van der Waals surface area contributed by atoms with Crippen LogP contribution in [0.25, 0.3) is 22.5 Å². The Bertz CT molecular complexity index is 1480. The average Bonchev–Trinajstić information content (AvgIpc) is 3.58. The summed E-state index contributed by atoms with van der Waals surface area (Å²) in [5, 5.41) is 26.2. The predicted octanol–water partition coefficient (Wildman–Crippen LogP) is 2.53. The molecule has 1 aromatic carbocycles. The molecular formula is C26H24N8O3. The van der Waals surface area contributed by atoms with Gasteiger partial charge in [0.05, 0.1) is 29.7 Å². The van der Waals surface area contributed by atoms with Crippen LogP contribution in [0.4, 0.5) is 11.6 Å². The summed E-state index contributed by atoms with van der Waals surface area (Å²) >= 11 is 0. The van der Waals surface area contributed by atoms with Crippen molar-refractivity contribution in [3.05, 3.63) is 66.7 Å². The van der Waals surface area contributed by atoms with Crippen LogP contribution in [-0.2, 0) is 11.8 Å². The fourth-order valence-corrected chi connectivity index (χ4v) is 4.14. The zero-order chi connectivity index (χ0) is 25.8. The van der Waals surface area contributed by atoms with Crippen molar-refractivity contribution in [2.24, 2.45) is 7.05 Å². The molecule has 11 nitrogen and oxygen atoms in total. The highest BCUT2D eigenvalue weighted by Gasteiger charge is 2.27. The molecule has 1 unspecified atom stereocenters. The van der Waals surface area contributed by atoms with Gasteiger partial charge in [0.1, 0.15) is 24.5 Å². The molecule has 3 aromatic heterocycles. The fourth-order valence-electron chi connectivity index (χ4n) is 4.14. The summed E-state index contributed by atoms with van der Waals surface area (Å²) in [4.78, 5) is 26.6. The van der Waals surface area contributed by atoms with Crippen molar-refractivity contribution in [3.8, 4) is 34.3 Å². The number of nitrogens with one attached hydrogen (secondary N) is 1. The molecule has 0 aliphatic carbocycles. The van der Waals surface area contributed by atoms with Crippen molar-refractivity contribution < 1.29 is 14.6 Å². The molecule has 4 aromatic rings. The molecule has 11 heteroatoms. The van der Waals surface area contributed by atoms with E-state index >= 15 is 0 Å². The first-order chi connectivity index (χ1) is 18.0. The Morgan fingerprint density at radius 3 is 2.84 bits per heavy atom. The molecule has 186 valence electrons. The van der Waals surface area contributed by atoms with Crippen molar-refractivity contribution in [2.75, 3.05) is 25.0 Å². The number of aryl methyl sites for hydroxylation is 1. The van der Waals surface area contributed by atoms with Crippen LogP contribution in [-0.4, -0.2) is 66.4 Å². The lowest BCUT2D eigenvalue weighted by Crippen LogP contribution is -2.32. The predicted molar refractivity (Wildman–Crippen MR) is 135 cm³/mol. The number of likely N-dealkylation sites (tertiary alicyclic amines) is 1. The Labute approximate surface area is 213 Å². The third-order valence-corrected chi connectivity index (χ3v) is 5.99. The zero-order valence-corrected chi connectivity index (χ0v) is 20.1. The third kappa shape index (κ3) is 5.39. The quantitative estimate of drug-likeness (QED) is 0.395. The zero-order valence-electron chi connectivity index (χ0n) is 20.1. The van der Waals surface area contributed by atoms with Crippen molar-refractivity contribution in [2.45, 2.75) is 12.5 Å². The SMILES string of the molecule is Cn1cc(-c2cc(Nc3nccc(-c4ccc(OC5CCN(C(=O)CO)C5)c(C#N)c4)n3)ccn2)cn1. The van der Waals surface area contributed by atoms with Gasteiger partial charge in [-0.3, -0.25) is 14.5 Å². The number of hydrogen-bond acceptors (Lipinski definition) is 9. The Morgan fingerprint density at radius 1 is 1.19 bits per heavy atom. The van der Waals surface area contributed by atoms with Gasteiger partial charge in [0.2, 0.25) is 11.9 Å². The largest absolute Gasteiger partial charge is 0.487 e. The molecule has 1 fully saturated rings. The number of aromatic nitrogens is 5. The van der Waals surface area contributed by atoms with Crippen LogP contribution < -0.4 is 10.1 Å². The number of pyridine rings is 1. The van der Waals surface area contributed by atoms with Gasteiger partial charge in [-0.1, -0.05) is 0 Å². The van der Waals surface area contributed by atoms with Crippen LogP contribution in [0.1, 0.15) is 12.0 Å². The molecule has 0 saturated carbocycles. The number of carbonyl (C=O) groups is 1. The van der Waals surface area contributed by atoms with Gasteiger partial charge in [0, 0.05) is 55.4 Å². The van der Waals surface area contributed by atoms with Crippen LogP contribution in [0.2, 0.25) is 0 Å². The van der Waals surface area contributed by atoms with Gasteiger partial charge >= 0.3 is 0 Å². The molecule has 1 aliphatic heterocycles. The van der Waals surface area contributed by atoms with Crippen LogP contribution in [0, 0.1) is 11.3 Å². The maximum absolute atomic E-state index is 11.7. The maximum atomic E-state index is 11.7. The van der Waals surface area contributed by atoms with Gasteiger partial charge in [-0.15, -0.1) is 0 Å². The number of ether oxygens (including phenoxy) is 1. The molecule has 0 bridgehead atoms. The van der Waals surface area contributed by atoms with E-state index in [0.717, 1.165) is 22.5 Å². The van der Waals surface area contributed by atoms with E-state index in [1.165, 1.54) is 0 Å². The summed E-state index contributed by atoms with van der Waals surface area (Å²) < 4.78 is 7.73. The molecule has 2 N–H and O–H groups in total. The molecule has 1 amide bonds.